The molecule has 2 fully saturated rings. The number of pyridine rings is 1. The van der Waals surface area contributed by atoms with E-state index in [0.717, 1.165) is 23.9 Å². The first kappa shape index (κ1) is 13.8. The summed E-state index contributed by atoms with van der Waals surface area (Å²) in [5.74, 6) is -0.243. The summed E-state index contributed by atoms with van der Waals surface area (Å²) in [4.78, 5) is 14.9. The topological polar surface area (TPSA) is 46.8 Å². The average molecular weight is 299 g/mol. The molecule has 0 amide bonds. The minimum atomic E-state index is -0.243. The fourth-order valence-corrected chi connectivity index (χ4v) is 3.92. The predicted molar refractivity (Wildman–Crippen MR) is 82.9 cm³/mol. The van der Waals surface area contributed by atoms with Crippen molar-refractivity contribution in [3.05, 3.63) is 35.7 Å². The number of rotatable bonds is 2. The molecule has 0 N–H and O–H groups in total. The predicted octanol–water partition coefficient (Wildman–Crippen LogP) is 2.42. The van der Waals surface area contributed by atoms with Crippen molar-refractivity contribution in [1.29, 1.82) is 0 Å². The van der Waals surface area contributed by atoms with E-state index in [4.69, 9.17) is 4.74 Å². The maximum atomic E-state index is 12.5. The normalized spacial score (nSPS) is 28.2. The molecular formula is C17H21N3O2. The zero-order valence-corrected chi connectivity index (χ0v) is 13.0. The van der Waals surface area contributed by atoms with Crippen LogP contribution in [0.4, 0.5) is 0 Å². The van der Waals surface area contributed by atoms with Gasteiger partial charge in [0.1, 0.15) is 11.7 Å². The number of aryl methyl sites for hydroxylation is 1. The van der Waals surface area contributed by atoms with Crippen LogP contribution in [0.25, 0.3) is 5.52 Å². The van der Waals surface area contributed by atoms with E-state index in [-0.39, 0.29) is 12.1 Å². The first-order valence-electron chi connectivity index (χ1n) is 7.99. The number of fused-ring (bicyclic) bond motifs is 3. The zero-order chi connectivity index (χ0) is 15.3. The van der Waals surface area contributed by atoms with Crippen molar-refractivity contribution in [3.8, 4) is 0 Å². The Morgan fingerprint density at radius 2 is 2.00 bits per heavy atom. The molecule has 0 aromatic carbocycles. The molecule has 116 valence electrons. The van der Waals surface area contributed by atoms with Gasteiger partial charge in [0.25, 0.3) is 0 Å². The molecule has 5 nitrogen and oxygen atoms in total. The Morgan fingerprint density at radius 1 is 1.27 bits per heavy atom. The lowest BCUT2D eigenvalue weighted by atomic mass is 10.0. The van der Waals surface area contributed by atoms with Crippen LogP contribution in [0.3, 0.4) is 0 Å². The summed E-state index contributed by atoms with van der Waals surface area (Å²) in [6, 6.07) is 5.06. The second-order valence-electron chi connectivity index (χ2n) is 6.64. The van der Waals surface area contributed by atoms with E-state index in [0.29, 0.717) is 17.6 Å². The number of ether oxygens (including phenoxy) is 1. The second-order valence-corrected chi connectivity index (χ2v) is 6.64. The Hall–Kier alpha value is -1.88. The van der Waals surface area contributed by atoms with Gasteiger partial charge in [-0.3, -0.25) is 0 Å². The van der Waals surface area contributed by atoms with Crippen molar-refractivity contribution < 1.29 is 9.53 Å². The highest BCUT2D eigenvalue weighted by Gasteiger charge is 2.40. The molecule has 4 heterocycles. The zero-order valence-electron chi connectivity index (χ0n) is 13.0. The molecule has 2 aliphatic heterocycles. The molecule has 2 aromatic heterocycles. The molecule has 0 spiro atoms. The molecular weight excluding hydrogens is 278 g/mol. The minimum absolute atomic E-state index is 0.0431. The van der Waals surface area contributed by atoms with E-state index in [1.165, 1.54) is 12.8 Å². The lowest BCUT2D eigenvalue weighted by Gasteiger charge is -2.35. The first-order valence-corrected chi connectivity index (χ1v) is 7.99. The van der Waals surface area contributed by atoms with Gasteiger partial charge in [0.2, 0.25) is 0 Å². The van der Waals surface area contributed by atoms with E-state index >= 15 is 0 Å². The van der Waals surface area contributed by atoms with E-state index in [9.17, 15) is 4.79 Å². The number of esters is 1. The summed E-state index contributed by atoms with van der Waals surface area (Å²) < 4.78 is 7.52. The van der Waals surface area contributed by atoms with Crippen molar-refractivity contribution in [3.63, 3.8) is 0 Å². The summed E-state index contributed by atoms with van der Waals surface area (Å²) in [6.45, 7) is 2.01. The molecule has 4 rings (SSSR count). The van der Waals surface area contributed by atoms with Gasteiger partial charge in [0.15, 0.2) is 0 Å². The van der Waals surface area contributed by atoms with Crippen LogP contribution in [0.2, 0.25) is 0 Å². The van der Waals surface area contributed by atoms with Gasteiger partial charge in [0, 0.05) is 31.1 Å². The minimum Gasteiger partial charge on any atom is -0.459 e. The highest BCUT2D eigenvalue weighted by atomic mass is 16.5. The average Bonchev–Trinajstić information content (AvgIpc) is 2.97. The smallest absolute Gasteiger partial charge is 0.342 e. The van der Waals surface area contributed by atoms with E-state index in [1.807, 2.05) is 25.3 Å². The van der Waals surface area contributed by atoms with Gasteiger partial charge in [-0.05, 0) is 38.4 Å². The number of carbonyl (C=O) groups is 1. The maximum Gasteiger partial charge on any atom is 0.342 e. The Bertz CT molecular complexity index is 710. The van der Waals surface area contributed by atoms with Crippen LogP contribution < -0.4 is 0 Å². The number of aromatic nitrogens is 2. The Morgan fingerprint density at radius 3 is 2.73 bits per heavy atom. The van der Waals surface area contributed by atoms with Crippen LogP contribution in [0.15, 0.2) is 24.5 Å². The highest BCUT2D eigenvalue weighted by molar-refractivity contribution is 5.96. The highest BCUT2D eigenvalue weighted by Crippen LogP contribution is 2.35. The summed E-state index contributed by atoms with van der Waals surface area (Å²) >= 11 is 0. The van der Waals surface area contributed by atoms with Crippen LogP contribution >= 0.6 is 0 Å². The molecule has 22 heavy (non-hydrogen) atoms. The van der Waals surface area contributed by atoms with Gasteiger partial charge in [0.05, 0.1) is 11.7 Å². The molecule has 5 heteroatoms. The molecule has 2 unspecified atom stereocenters. The Labute approximate surface area is 129 Å². The fraction of sp³-hybridized carbons (Fsp3) is 0.529. The standard InChI is InChI=1S/C17H21N3O2/c1-11-3-6-16-15(9-18-20(16)10-11)17(21)22-14-7-12-4-5-13(8-14)19(12)2/h3,6,9-10,12-14H,4-5,7-8H2,1-2H3. The number of carbonyl (C=O) groups excluding carboxylic acids is 1. The maximum absolute atomic E-state index is 12.5. The number of piperidine rings is 1. The molecule has 0 saturated carbocycles. The molecule has 0 aliphatic carbocycles. The Kier molecular flexibility index (Phi) is 3.18. The van der Waals surface area contributed by atoms with Crippen LogP contribution in [0.5, 0.6) is 0 Å². The van der Waals surface area contributed by atoms with Gasteiger partial charge in [-0.15, -0.1) is 0 Å². The van der Waals surface area contributed by atoms with Gasteiger partial charge >= 0.3 is 5.97 Å². The lowest BCUT2D eigenvalue weighted by molar-refractivity contribution is -0.000267. The van der Waals surface area contributed by atoms with Crippen LogP contribution in [-0.4, -0.2) is 45.7 Å². The van der Waals surface area contributed by atoms with Crippen LogP contribution in [0, 0.1) is 6.92 Å². The molecule has 2 bridgehead atoms. The fourth-order valence-electron chi connectivity index (χ4n) is 3.92. The van der Waals surface area contributed by atoms with Crippen molar-refractivity contribution in [2.24, 2.45) is 0 Å². The second kappa shape index (κ2) is 5.09. The molecule has 2 aliphatic rings. The third-order valence-corrected chi connectivity index (χ3v) is 5.21. The third-order valence-electron chi connectivity index (χ3n) is 5.21. The van der Waals surface area contributed by atoms with Crippen LogP contribution in [-0.2, 0) is 4.74 Å². The summed E-state index contributed by atoms with van der Waals surface area (Å²) in [5, 5.41) is 4.26. The molecule has 0 radical (unpaired) electrons. The van der Waals surface area contributed by atoms with Gasteiger partial charge in [-0.2, -0.15) is 5.10 Å². The van der Waals surface area contributed by atoms with E-state index in [1.54, 1.807) is 10.7 Å². The Balaban J connectivity index is 1.52. The van der Waals surface area contributed by atoms with Gasteiger partial charge in [-0.1, -0.05) is 6.07 Å². The SMILES string of the molecule is Cc1ccc2c(C(=O)OC3CC4CCC(C3)N4C)cnn2c1. The summed E-state index contributed by atoms with van der Waals surface area (Å²) in [5.41, 5.74) is 2.49. The molecule has 2 atom stereocenters. The van der Waals surface area contributed by atoms with Crippen molar-refractivity contribution >= 4 is 11.5 Å². The monoisotopic (exact) mass is 299 g/mol. The van der Waals surface area contributed by atoms with Crippen molar-refractivity contribution in [2.45, 2.75) is 50.8 Å². The molecule has 2 saturated heterocycles. The van der Waals surface area contributed by atoms with Gasteiger partial charge in [-0.25, -0.2) is 9.31 Å². The number of nitrogens with zero attached hydrogens (tertiary/aromatic N) is 3. The first-order chi connectivity index (χ1) is 10.6. The third kappa shape index (κ3) is 2.20. The molecule has 2 aromatic rings. The largest absolute Gasteiger partial charge is 0.459 e. The van der Waals surface area contributed by atoms with E-state index < -0.39 is 0 Å². The van der Waals surface area contributed by atoms with Crippen molar-refractivity contribution in [1.82, 2.24) is 14.5 Å². The van der Waals surface area contributed by atoms with Crippen molar-refractivity contribution in [2.75, 3.05) is 7.05 Å². The number of hydrogen-bond donors (Lipinski definition) is 0. The number of hydrogen-bond acceptors (Lipinski definition) is 4. The van der Waals surface area contributed by atoms with E-state index in [2.05, 4.69) is 17.0 Å². The summed E-state index contributed by atoms with van der Waals surface area (Å²) in [6.07, 6.45) is 7.94. The summed E-state index contributed by atoms with van der Waals surface area (Å²) in [7, 11) is 2.19. The lowest BCUT2D eigenvalue weighted by Crippen LogP contribution is -2.43. The van der Waals surface area contributed by atoms with Gasteiger partial charge < -0.3 is 9.64 Å². The quantitative estimate of drug-likeness (QED) is 0.799. The van der Waals surface area contributed by atoms with Crippen LogP contribution in [0.1, 0.15) is 41.6 Å².